The van der Waals surface area contributed by atoms with Crippen molar-refractivity contribution >= 4 is 0 Å². The molecular formula is C15H22F2N2. The Balaban J connectivity index is 1.96. The fraction of sp³-hybridized carbons (Fsp3) is 0.600. The molecule has 2 nitrogen and oxygen atoms in total. The summed E-state index contributed by atoms with van der Waals surface area (Å²) in [7, 11) is 0. The van der Waals surface area contributed by atoms with Crippen LogP contribution < -0.4 is 5.32 Å². The number of likely N-dealkylation sites (N-methyl/N-ethyl adjacent to an activating group) is 1. The molecule has 2 rings (SSSR count). The fourth-order valence-corrected chi connectivity index (χ4v) is 2.71. The maximum Gasteiger partial charge on any atom is 0.285 e. The minimum atomic E-state index is -2.77. The summed E-state index contributed by atoms with van der Waals surface area (Å²) in [6.07, 6.45) is 2.07. The maximum atomic E-state index is 14.2. The lowest BCUT2D eigenvalue weighted by molar-refractivity contribution is -0.0440. The van der Waals surface area contributed by atoms with Crippen LogP contribution in [0.15, 0.2) is 30.3 Å². The van der Waals surface area contributed by atoms with Gasteiger partial charge in [-0.3, -0.25) is 4.90 Å². The summed E-state index contributed by atoms with van der Waals surface area (Å²) in [5, 5.41) is 3.35. The molecule has 0 aliphatic carbocycles. The number of nitrogens with zero attached hydrogens (tertiary/aromatic N) is 1. The topological polar surface area (TPSA) is 15.3 Å². The molecule has 1 heterocycles. The molecule has 106 valence electrons. The molecule has 0 saturated carbocycles. The summed E-state index contributed by atoms with van der Waals surface area (Å²) in [6.45, 7) is 4.25. The smallest absolute Gasteiger partial charge is 0.285 e. The highest BCUT2D eigenvalue weighted by molar-refractivity contribution is 5.20. The van der Waals surface area contributed by atoms with Crippen molar-refractivity contribution in [1.82, 2.24) is 10.2 Å². The van der Waals surface area contributed by atoms with E-state index in [9.17, 15) is 8.78 Å². The van der Waals surface area contributed by atoms with E-state index in [-0.39, 0.29) is 12.1 Å². The Bertz CT molecular complexity index is 379. The number of rotatable bonds is 5. The lowest BCUT2D eigenvalue weighted by Crippen LogP contribution is -2.48. The quantitative estimate of drug-likeness (QED) is 0.883. The summed E-state index contributed by atoms with van der Waals surface area (Å²) < 4.78 is 28.4. The van der Waals surface area contributed by atoms with Crippen LogP contribution in [-0.4, -0.2) is 37.1 Å². The highest BCUT2D eigenvalue weighted by Crippen LogP contribution is 2.29. The summed E-state index contributed by atoms with van der Waals surface area (Å²) in [5.74, 6) is -2.77. The molecule has 4 heteroatoms. The summed E-state index contributed by atoms with van der Waals surface area (Å²) in [6, 6.07) is 8.46. The van der Waals surface area contributed by atoms with Gasteiger partial charge >= 0.3 is 0 Å². The van der Waals surface area contributed by atoms with Crippen molar-refractivity contribution in [3.63, 3.8) is 0 Å². The second-order valence-electron chi connectivity index (χ2n) is 5.20. The molecule has 1 N–H and O–H groups in total. The van der Waals surface area contributed by atoms with Crippen LogP contribution in [0.2, 0.25) is 0 Å². The molecule has 0 bridgehead atoms. The van der Waals surface area contributed by atoms with Gasteiger partial charge in [0.15, 0.2) is 0 Å². The van der Waals surface area contributed by atoms with Crippen LogP contribution in [-0.2, 0) is 5.92 Å². The molecule has 0 amide bonds. The lowest BCUT2D eigenvalue weighted by Gasteiger charge is -2.35. The third-order valence-electron chi connectivity index (χ3n) is 3.62. The predicted octanol–water partition coefficient (Wildman–Crippen LogP) is 2.85. The van der Waals surface area contributed by atoms with Crippen molar-refractivity contribution in [2.45, 2.75) is 31.7 Å². The zero-order valence-electron chi connectivity index (χ0n) is 11.4. The molecule has 0 radical (unpaired) electrons. The van der Waals surface area contributed by atoms with Crippen LogP contribution in [0.4, 0.5) is 8.78 Å². The first kappa shape index (κ1) is 14.4. The van der Waals surface area contributed by atoms with Gasteiger partial charge in [-0.1, -0.05) is 37.3 Å². The molecule has 1 aliphatic heterocycles. The normalized spacial score (nSPS) is 21.5. The van der Waals surface area contributed by atoms with Crippen LogP contribution in [0, 0.1) is 0 Å². The largest absolute Gasteiger partial charge is 0.313 e. The number of hydrogen-bond donors (Lipinski definition) is 1. The van der Waals surface area contributed by atoms with Crippen LogP contribution in [0.1, 0.15) is 25.3 Å². The number of nitrogens with one attached hydrogen (secondary N) is 1. The molecular weight excluding hydrogens is 246 g/mol. The summed E-state index contributed by atoms with van der Waals surface area (Å²) in [5.41, 5.74) is 0.112. The van der Waals surface area contributed by atoms with Crippen LogP contribution in [0.3, 0.4) is 0 Å². The molecule has 1 aromatic rings. The number of hydrogen-bond acceptors (Lipinski definition) is 2. The van der Waals surface area contributed by atoms with Crippen LogP contribution in [0.25, 0.3) is 0 Å². The zero-order chi connectivity index (χ0) is 13.7. The molecule has 19 heavy (non-hydrogen) atoms. The van der Waals surface area contributed by atoms with Crippen molar-refractivity contribution in [3.05, 3.63) is 35.9 Å². The molecule has 1 unspecified atom stereocenters. The molecule has 1 aromatic carbocycles. The first-order chi connectivity index (χ1) is 9.12. The highest BCUT2D eigenvalue weighted by Gasteiger charge is 2.35. The Hall–Kier alpha value is -1.00. The highest BCUT2D eigenvalue weighted by atomic mass is 19.3. The molecule has 1 aliphatic rings. The Morgan fingerprint density at radius 2 is 2.05 bits per heavy atom. The van der Waals surface area contributed by atoms with Crippen molar-refractivity contribution < 1.29 is 8.78 Å². The zero-order valence-corrected chi connectivity index (χ0v) is 11.4. The fourth-order valence-electron chi connectivity index (χ4n) is 2.71. The van der Waals surface area contributed by atoms with Gasteiger partial charge in [0.2, 0.25) is 0 Å². The van der Waals surface area contributed by atoms with Gasteiger partial charge in [0.25, 0.3) is 5.92 Å². The van der Waals surface area contributed by atoms with E-state index in [4.69, 9.17) is 0 Å². The SMILES string of the molecule is CCNC1CCCN(CC(F)(F)c2ccccc2)C1. The van der Waals surface area contributed by atoms with Crippen molar-refractivity contribution in [3.8, 4) is 0 Å². The Kier molecular flexibility index (Phi) is 4.88. The van der Waals surface area contributed by atoms with E-state index < -0.39 is 5.92 Å². The first-order valence-electron chi connectivity index (χ1n) is 7.01. The van der Waals surface area contributed by atoms with Gasteiger partial charge in [0.05, 0.1) is 6.54 Å². The van der Waals surface area contributed by atoms with E-state index in [0.29, 0.717) is 6.04 Å². The molecule has 1 fully saturated rings. The van der Waals surface area contributed by atoms with Crippen molar-refractivity contribution in [2.75, 3.05) is 26.2 Å². The van der Waals surface area contributed by atoms with Gasteiger partial charge < -0.3 is 5.32 Å². The van der Waals surface area contributed by atoms with Gasteiger partial charge in [-0.25, -0.2) is 0 Å². The van der Waals surface area contributed by atoms with E-state index >= 15 is 0 Å². The second kappa shape index (κ2) is 6.44. The Morgan fingerprint density at radius 1 is 1.32 bits per heavy atom. The van der Waals surface area contributed by atoms with Gasteiger partial charge in [-0.2, -0.15) is 8.78 Å². The first-order valence-corrected chi connectivity index (χ1v) is 7.01. The minimum absolute atomic E-state index is 0.112. The summed E-state index contributed by atoms with van der Waals surface area (Å²) in [4.78, 5) is 1.88. The molecule has 0 aromatic heterocycles. The molecule has 1 saturated heterocycles. The minimum Gasteiger partial charge on any atom is -0.313 e. The lowest BCUT2D eigenvalue weighted by atomic mass is 10.0. The Labute approximate surface area is 113 Å². The van der Waals surface area contributed by atoms with Gasteiger partial charge in [-0.15, -0.1) is 0 Å². The standard InChI is InChI=1S/C15H22F2N2/c1-2-18-14-9-6-10-19(11-14)12-15(16,17)13-7-4-3-5-8-13/h3-5,7-8,14,18H,2,6,9-12H2,1H3. The Morgan fingerprint density at radius 3 is 2.74 bits per heavy atom. The number of piperidine rings is 1. The number of likely N-dealkylation sites (tertiary alicyclic amines) is 1. The van der Waals surface area contributed by atoms with Gasteiger partial charge in [-0.05, 0) is 25.9 Å². The number of alkyl halides is 2. The third-order valence-corrected chi connectivity index (χ3v) is 3.62. The number of benzene rings is 1. The monoisotopic (exact) mass is 268 g/mol. The van der Waals surface area contributed by atoms with Crippen molar-refractivity contribution in [1.29, 1.82) is 0 Å². The van der Waals surface area contributed by atoms with E-state index in [2.05, 4.69) is 12.2 Å². The van der Waals surface area contributed by atoms with E-state index in [1.165, 1.54) is 12.1 Å². The summed E-state index contributed by atoms with van der Waals surface area (Å²) >= 11 is 0. The number of halogens is 2. The molecule has 1 atom stereocenters. The van der Waals surface area contributed by atoms with E-state index in [1.807, 2.05) is 4.90 Å². The van der Waals surface area contributed by atoms with E-state index in [0.717, 1.165) is 32.5 Å². The third kappa shape index (κ3) is 3.98. The van der Waals surface area contributed by atoms with E-state index in [1.54, 1.807) is 18.2 Å². The van der Waals surface area contributed by atoms with Crippen molar-refractivity contribution in [2.24, 2.45) is 0 Å². The average Bonchev–Trinajstić information content (AvgIpc) is 2.40. The van der Waals surface area contributed by atoms with Crippen LogP contribution in [0.5, 0.6) is 0 Å². The maximum absolute atomic E-state index is 14.2. The molecule has 0 spiro atoms. The van der Waals surface area contributed by atoms with Gasteiger partial charge in [0, 0.05) is 18.2 Å². The second-order valence-corrected chi connectivity index (χ2v) is 5.20. The van der Waals surface area contributed by atoms with Gasteiger partial charge in [0.1, 0.15) is 0 Å². The average molecular weight is 268 g/mol. The predicted molar refractivity (Wildman–Crippen MR) is 73.5 cm³/mol. The van der Waals surface area contributed by atoms with Crippen LogP contribution >= 0.6 is 0 Å².